The van der Waals surface area contributed by atoms with E-state index >= 15 is 0 Å². The average molecular weight is 312 g/mol. The van der Waals surface area contributed by atoms with Gasteiger partial charge >= 0.3 is 0 Å². The van der Waals surface area contributed by atoms with Crippen molar-refractivity contribution in [3.8, 4) is 0 Å². The Hall–Kier alpha value is -0.590. The maximum absolute atomic E-state index is 13.8. The molecule has 1 N–H and O–H groups in total. The Kier molecular flexibility index (Phi) is 5.19. The number of aromatic nitrogens is 2. The van der Waals surface area contributed by atoms with Crippen LogP contribution in [-0.4, -0.2) is 57.5 Å². The summed E-state index contributed by atoms with van der Waals surface area (Å²) < 4.78 is 15.6. The summed E-state index contributed by atoms with van der Waals surface area (Å²) in [6, 6.07) is 0.926. The standard InChI is InChI=1S/C15H25FN4S/c1-19-8-12(6-18-19)9-20-10-13(16)5-15(20)7-17-14-3-2-4-21-11-14/h6,8,13-15,17H,2-5,7,9-11H2,1H3/t13-,14+,15-/m0/s1. The lowest BCUT2D eigenvalue weighted by molar-refractivity contribution is 0.226. The van der Waals surface area contributed by atoms with Gasteiger partial charge in [0.2, 0.25) is 0 Å². The SMILES string of the molecule is Cn1cc(CN2C[C@@H](F)C[C@H]2CN[C@@H]2CCCSC2)cn1. The summed E-state index contributed by atoms with van der Waals surface area (Å²) >= 11 is 2.03. The molecule has 2 aliphatic heterocycles. The maximum atomic E-state index is 13.8. The van der Waals surface area contributed by atoms with Gasteiger partial charge in [0, 0.05) is 56.3 Å². The third kappa shape index (κ3) is 4.20. The van der Waals surface area contributed by atoms with Crippen LogP contribution in [0.4, 0.5) is 4.39 Å². The van der Waals surface area contributed by atoms with Crippen LogP contribution in [0, 0.1) is 0 Å². The summed E-state index contributed by atoms with van der Waals surface area (Å²) in [6.07, 6.45) is 6.45. The summed E-state index contributed by atoms with van der Waals surface area (Å²) in [7, 11) is 1.92. The number of hydrogen-bond acceptors (Lipinski definition) is 4. The second-order valence-electron chi connectivity index (χ2n) is 6.26. The van der Waals surface area contributed by atoms with Crippen LogP contribution in [0.5, 0.6) is 0 Å². The maximum Gasteiger partial charge on any atom is 0.114 e. The minimum atomic E-state index is -0.686. The fourth-order valence-corrected chi connectivity index (χ4v) is 4.43. The van der Waals surface area contributed by atoms with Crippen molar-refractivity contribution in [2.75, 3.05) is 24.6 Å². The number of nitrogens with zero attached hydrogens (tertiary/aromatic N) is 3. The van der Waals surface area contributed by atoms with E-state index in [-0.39, 0.29) is 0 Å². The zero-order valence-electron chi connectivity index (χ0n) is 12.7. The van der Waals surface area contributed by atoms with Crippen molar-refractivity contribution in [1.29, 1.82) is 0 Å². The molecular weight excluding hydrogens is 287 g/mol. The molecule has 0 saturated carbocycles. The molecule has 1 aromatic rings. The molecule has 0 aliphatic carbocycles. The van der Waals surface area contributed by atoms with Crippen molar-refractivity contribution in [3.05, 3.63) is 18.0 Å². The lowest BCUT2D eigenvalue weighted by Gasteiger charge is -2.28. The van der Waals surface area contributed by atoms with Gasteiger partial charge in [-0.25, -0.2) is 4.39 Å². The number of halogens is 1. The van der Waals surface area contributed by atoms with Crippen LogP contribution in [0.15, 0.2) is 12.4 Å². The molecule has 4 nitrogen and oxygen atoms in total. The molecule has 1 aromatic heterocycles. The van der Waals surface area contributed by atoms with Crippen molar-refractivity contribution in [2.45, 2.75) is 44.1 Å². The van der Waals surface area contributed by atoms with E-state index in [9.17, 15) is 4.39 Å². The van der Waals surface area contributed by atoms with Gasteiger partial charge in [-0.3, -0.25) is 9.58 Å². The number of hydrogen-bond donors (Lipinski definition) is 1. The summed E-state index contributed by atoms with van der Waals surface area (Å²) in [4.78, 5) is 2.27. The number of thioether (sulfide) groups is 1. The predicted octanol–water partition coefficient (Wildman–Crippen LogP) is 1.82. The third-order valence-corrected chi connectivity index (χ3v) is 5.64. The first-order valence-corrected chi connectivity index (χ1v) is 9.03. The van der Waals surface area contributed by atoms with Crippen LogP contribution in [0.2, 0.25) is 0 Å². The van der Waals surface area contributed by atoms with Gasteiger partial charge in [0.15, 0.2) is 0 Å². The minimum Gasteiger partial charge on any atom is -0.312 e. The van der Waals surface area contributed by atoms with Gasteiger partial charge < -0.3 is 5.32 Å². The van der Waals surface area contributed by atoms with Crippen LogP contribution < -0.4 is 5.32 Å². The van der Waals surface area contributed by atoms with Gasteiger partial charge in [-0.1, -0.05) is 0 Å². The molecule has 2 saturated heterocycles. The fourth-order valence-electron chi connectivity index (χ4n) is 3.32. The summed E-state index contributed by atoms with van der Waals surface area (Å²) in [6.45, 7) is 2.27. The van der Waals surface area contributed by atoms with Gasteiger partial charge in [0.05, 0.1) is 6.20 Å². The highest BCUT2D eigenvalue weighted by atomic mass is 32.2. The van der Waals surface area contributed by atoms with E-state index < -0.39 is 6.17 Å². The molecule has 118 valence electrons. The van der Waals surface area contributed by atoms with Crippen LogP contribution in [0.25, 0.3) is 0 Å². The van der Waals surface area contributed by atoms with Crippen molar-refractivity contribution in [3.63, 3.8) is 0 Å². The lowest BCUT2D eigenvalue weighted by atomic mass is 10.1. The largest absolute Gasteiger partial charge is 0.312 e. The summed E-state index contributed by atoms with van der Waals surface area (Å²) in [5, 5.41) is 7.86. The smallest absolute Gasteiger partial charge is 0.114 e. The molecule has 3 atom stereocenters. The number of rotatable bonds is 5. The highest BCUT2D eigenvalue weighted by molar-refractivity contribution is 7.99. The topological polar surface area (TPSA) is 33.1 Å². The Morgan fingerprint density at radius 3 is 3.14 bits per heavy atom. The first kappa shape index (κ1) is 15.3. The Morgan fingerprint density at radius 2 is 2.43 bits per heavy atom. The van der Waals surface area contributed by atoms with Gasteiger partial charge in [-0.2, -0.15) is 16.9 Å². The highest BCUT2D eigenvalue weighted by Gasteiger charge is 2.32. The zero-order valence-corrected chi connectivity index (χ0v) is 13.5. The molecule has 0 radical (unpaired) electrons. The molecule has 2 fully saturated rings. The molecule has 0 aromatic carbocycles. The molecule has 3 heterocycles. The van der Waals surface area contributed by atoms with E-state index in [1.165, 1.54) is 29.9 Å². The van der Waals surface area contributed by atoms with Gasteiger partial charge in [-0.15, -0.1) is 0 Å². The Labute approximate surface area is 130 Å². The normalized spacial score (nSPS) is 30.9. The zero-order chi connectivity index (χ0) is 14.7. The number of alkyl halides is 1. The molecule has 6 heteroatoms. The second-order valence-corrected chi connectivity index (χ2v) is 7.41. The van der Waals surface area contributed by atoms with Crippen LogP contribution in [0.3, 0.4) is 0 Å². The van der Waals surface area contributed by atoms with Crippen molar-refractivity contribution in [2.24, 2.45) is 7.05 Å². The molecule has 2 aliphatic rings. The van der Waals surface area contributed by atoms with Crippen LogP contribution in [0.1, 0.15) is 24.8 Å². The predicted molar refractivity (Wildman–Crippen MR) is 85.3 cm³/mol. The Balaban J connectivity index is 1.52. The number of nitrogens with one attached hydrogen (secondary N) is 1. The first-order chi connectivity index (χ1) is 10.2. The quantitative estimate of drug-likeness (QED) is 0.899. The monoisotopic (exact) mass is 312 g/mol. The Bertz CT molecular complexity index is 447. The van der Waals surface area contributed by atoms with Gasteiger partial charge in [0.1, 0.15) is 6.17 Å². The molecule has 0 amide bonds. The summed E-state index contributed by atoms with van der Waals surface area (Å²) in [5.74, 6) is 2.50. The molecule has 21 heavy (non-hydrogen) atoms. The van der Waals surface area contributed by atoms with Gasteiger partial charge in [0.25, 0.3) is 0 Å². The van der Waals surface area contributed by atoms with Gasteiger partial charge in [-0.05, 0) is 25.0 Å². The summed E-state index contributed by atoms with van der Waals surface area (Å²) in [5.41, 5.74) is 1.17. The van der Waals surface area contributed by atoms with Crippen molar-refractivity contribution >= 4 is 11.8 Å². The minimum absolute atomic E-state index is 0.312. The average Bonchev–Trinajstić information content (AvgIpc) is 3.04. The van der Waals surface area contributed by atoms with E-state index in [2.05, 4.69) is 15.3 Å². The highest BCUT2D eigenvalue weighted by Crippen LogP contribution is 2.23. The fraction of sp³-hybridized carbons (Fsp3) is 0.800. The van der Waals surface area contributed by atoms with Crippen molar-refractivity contribution in [1.82, 2.24) is 20.0 Å². The number of aryl methyl sites for hydroxylation is 1. The Morgan fingerprint density at radius 1 is 1.52 bits per heavy atom. The molecule has 0 spiro atoms. The van der Waals surface area contributed by atoms with Crippen LogP contribution >= 0.6 is 11.8 Å². The van der Waals surface area contributed by atoms with E-state index in [1.807, 2.05) is 35.9 Å². The second kappa shape index (κ2) is 7.11. The molecular formula is C15H25FN4S. The van der Waals surface area contributed by atoms with E-state index in [0.717, 1.165) is 13.1 Å². The lowest BCUT2D eigenvalue weighted by Crippen LogP contribution is -2.43. The van der Waals surface area contributed by atoms with E-state index in [4.69, 9.17) is 0 Å². The third-order valence-electron chi connectivity index (χ3n) is 4.42. The van der Waals surface area contributed by atoms with E-state index in [0.29, 0.717) is 25.0 Å². The molecule has 0 unspecified atom stereocenters. The molecule has 3 rings (SSSR count). The van der Waals surface area contributed by atoms with E-state index in [1.54, 1.807) is 0 Å². The number of likely N-dealkylation sites (tertiary alicyclic amines) is 1. The first-order valence-electron chi connectivity index (χ1n) is 7.87. The molecule has 0 bridgehead atoms. The van der Waals surface area contributed by atoms with Crippen LogP contribution in [-0.2, 0) is 13.6 Å². The van der Waals surface area contributed by atoms with Crippen molar-refractivity contribution < 1.29 is 4.39 Å².